The van der Waals surface area contributed by atoms with E-state index < -0.39 is 22.4 Å². The monoisotopic (exact) mass is 341 g/mol. The highest BCUT2D eigenvalue weighted by Gasteiger charge is 2.18. The van der Waals surface area contributed by atoms with E-state index in [0.717, 1.165) is 24.3 Å². The van der Waals surface area contributed by atoms with Gasteiger partial charge in [0.1, 0.15) is 11.3 Å². The van der Waals surface area contributed by atoms with Crippen molar-refractivity contribution in [3.8, 4) is 5.75 Å². The number of hydrogen-bond donors (Lipinski definition) is 1. The van der Waals surface area contributed by atoms with Crippen LogP contribution in [0.5, 0.6) is 5.75 Å². The fraction of sp³-hybridized carbons (Fsp3) is 0.111. The lowest BCUT2D eigenvalue weighted by Crippen LogP contribution is -2.04. The smallest absolute Gasteiger partial charge is 0.338 e. The third kappa shape index (κ3) is 4.51. The second-order valence-corrected chi connectivity index (χ2v) is 5.00. The number of phenolic OH excluding ortho intramolecular Hbond substituents is 1. The molecule has 7 nitrogen and oxygen atoms in total. The fourth-order valence-corrected chi connectivity index (χ4v) is 2.13. The van der Waals surface area contributed by atoms with Crippen molar-refractivity contribution in [1.82, 2.24) is 0 Å². The van der Waals surface area contributed by atoms with Crippen molar-refractivity contribution in [2.75, 3.05) is 6.61 Å². The third-order valence-electron chi connectivity index (χ3n) is 3.27. The van der Waals surface area contributed by atoms with Crippen LogP contribution in [0.25, 0.3) is 6.08 Å². The summed E-state index contributed by atoms with van der Waals surface area (Å²) in [5.41, 5.74) is 0.275. The van der Waals surface area contributed by atoms with Crippen LogP contribution in [0.3, 0.4) is 0 Å². The Hall–Kier alpha value is -3.48. The first kappa shape index (κ1) is 17.9. The maximum absolute atomic E-state index is 12.2. The van der Waals surface area contributed by atoms with Crippen molar-refractivity contribution >= 4 is 23.5 Å². The predicted molar refractivity (Wildman–Crippen MR) is 90.5 cm³/mol. The van der Waals surface area contributed by atoms with Crippen LogP contribution in [0.2, 0.25) is 0 Å². The molecule has 0 atom stereocenters. The standard InChI is InChI=1S/C18H15NO6/c1-2-25-18(22)13-5-3-4-12(10-13)6-9-17(21)15-11-14(20)7-8-16(15)19(23)24/h3-11,20H,2H2,1H3. The molecule has 0 amide bonds. The molecule has 128 valence electrons. The van der Waals surface area contributed by atoms with Gasteiger partial charge in [-0.15, -0.1) is 0 Å². The number of benzene rings is 2. The average molecular weight is 341 g/mol. The molecule has 2 rings (SSSR count). The predicted octanol–water partition coefficient (Wildman–Crippen LogP) is 3.37. The molecule has 0 aromatic heterocycles. The van der Waals surface area contributed by atoms with Gasteiger partial charge in [0.2, 0.25) is 0 Å². The Bertz CT molecular complexity index is 856. The number of ketones is 1. The number of nitrogens with zero attached hydrogens (tertiary/aromatic N) is 1. The molecule has 0 radical (unpaired) electrons. The lowest BCUT2D eigenvalue weighted by molar-refractivity contribution is -0.385. The Morgan fingerprint density at radius 2 is 2.00 bits per heavy atom. The molecule has 0 unspecified atom stereocenters. The van der Waals surface area contributed by atoms with Crippen LogP contribution in [0.4, 0.5) is 5.69 Å². The summed E-state index contributed by atoms with van der Waals surface area (Å²) in [6.07, 6.45) is 2.57. The second kappa shape index (κ2) is 7.87. The highest BCUT2D eigenvalue weighted by Crippen LogP contribution is 2.24. The molecule has 0 saturated carbocycles. The van der Waals surface area contributed by atoms with Gasteiger partial charge in [0, 0.05) is 6.07 Å². The molecule has 0 spiro atoms. The zero-order valence-electron chi connectivity index (χ0n) is 13.3. The van der Waals surface area contributed by atoms with Crippen LogP contribution in [-0.2, 0) is 4.74 Å². The topological polar surface area (TPSA) is 107 Å². The van der Waals surface area contributed by atoms with Crippen LogP contribution in [-0.4, -0.2) is 28.4 Å². The SMILES string of the molecule is CCOC(=O)c1cccc(C=CC(=O)c2cc(O)ccc2[N+](=O)[O-])c1. The Kier molecular flexibility index (Phi) is 5.62. The third-order valence-corrected chi connectivity index (χ3v) is 3.27. The molecule has 7 heteroatoms. The summed E-state index contributed by atoms with van der Waals surface area (Å²) in [5.74, 6) is -1.36. The second-order valence-electron chi connectivity index (χ2n) is 5.00. The number of nitro benzene ring substituents is 1. The van der Waals surface area contributed by atoms with Gasteiger partial charge in [-0.1, -0.05) is 18.2 Å². The van der Waals surface area contributed by atoms with Crippen LogP contribution >= 0.6 is 0 Å². The van der Waals surface area contributed by atoms with Gasteiger partial charge >= 0.3 is 5.97 Å². The number of esters is 1. The van der Waals surface area contributed by atoms with E-state index in [0.29, 0.717) is 11.1 Å². The van der Waals surface area contributed by atoms with Gasteiger partial charge in [-0.05, 0) is 42.8 Å². The molecule has 25 heavy (non-hydrogen) atoms. The van der Waals surface area contributed by atoms with Crippen LogP contribution in [0, 0.1) is 10.1 Å². The van der Waals surface area contributed by atoms with Crippen LogP contribution in [0.1, 0.15) is 33.2 Å². The first-order chi connectivity index (χ1) is 11.9. The Balaban J connectivity index is 2.27. The van der Waals surface area contributed by atoms with Gasteiger partial charge in [-0.25, -0.2) is 4.79 Å². The number of ether oxygens (including phenoxy) is 1. The van der Waals surface area contributed by atoms with Crippen molar-refractivity contribution in [3.63, 3.8) is 0 Å². The first-order valence-electron chi connectivity index (χ1n) is 7.39. The van der Waals surface area contributed by atoms with Crippen LogP contribution in [0.15, 0.2) is 48.5 Å². The highest BCUT2D eigenvalue weighted by atomic mass is 16.6. The number of rotatable bonds is 6. The van der Waals surface area contributed by atoms with Crippen molar-refractivity contribution < 1.29 is 24.4 Å². The molecule has 0 aliphatic carbocycles. The zero-order chi connectivity index (χ0) is 18.4. The van der Waals surface area contributed by atoms with Gasteiger partial charge in [-0.3, -0.25) is 14.9 Å². The van der Waals surface area contributed by atoms with Gasteiger partial charge < -0.3 is 9.84 Å². The molecule has 2 aromatic rings. The molecular formula is C18H15NO6. The normalized spacial score (nSPS) is 10.6. The summed E-state index contributed by atoms with van der Waals surface area (Å²) in [4.78, 5) is 34.2. The maximum Gasteiger partial charge on any atom is 0.338 e. The molecule has 0 fully saturated rings. The van der Waals surface area contributed by atoms with E-state index >= 15 is 0 Å². The summed E-state index contributed by atoms with van der Waals surface area (Å²) in [7, 11) is 0. The minimum atomic E-state index is -0.693. The number of hydrogen-bond acceptors (Lipinski definition) is 6. The first-order valence-corrected chi connectivity index (χ1v) is 7.39. The summed E-state index contributed by atoms with van der Waals surface area (Å²) in [6.45, 7) is 1.95. The number of nitro groups is 1. The van der Waals surface area contributed by atoms with Crippen molar-refractivity contribution in [2.24, 2.45) is 0 Å². The van der Waals surface area contributed by atoms with E-state index in [-0.39, 0.29) is 17.9 Å². The average Bonchev–Trinajstić information content (AvgIpc) is 2.59. The Morgan fingerprint density at radius 1 is 1.24 bits per heavy atom. The lowest BCUT2D eigenvalue weighted by atomic mass is 10.1. The van der Waals surface area contributed by atoms with Gasteiger partial charge in [-0.2, -0.15) is 0 Å². The van der Waals surface area contributed by atoms with Gasteiger partial charge in [0.25, 0.3) is 5.69 Å². The highest BCUT2D eigenvalue weighted by molar-refractivity contribution is 6.09. The Morgan fingerprint density at radius 3 is 2.68 bits per heavy atom. The van der Waals surface area contributed by atoms with Crippen molar-refractivity contribution in [3.05, 3.63) is 75.3 Å². The molecule has 0 heterocycles. The number of phenols is 1. The van der Waals surface area contributed by atoms with Gasteiger partial charge in [0.15, 0.2) is 5.78 Å². The number of allylic oxidation sites excluding steroid dienone is 1. The lowest BCUT2D eigenvalue weighted by Gasteiger charge is -2.02. The van der Waals surface area contributed by atoms with E-state index in [2.05, 4.69) is 0 Å². The zero-order valence-corrected chi connectivity index (χ0v) is 13.3. The summed E-state index contributed by atoms with van der Waals surface area (Å²) >= 11 is 0. The van der Waals surface area contributed by atoms with E-state index in [1.165, 1.54) is 6.08 Å². The quantitative estimate of drug-likeness (QED) is 0.284. The summed E-state index contributed by atoms with van der Waals surface area (Å²) < 4.78 is 4.90. The van der Waals surface area contributed by atoms with E-state index in [1.807, 2.05) is 0 Å². The largest absolute Gasteiger partial charge is 0.508 e. The number of carbonyl (C=O) groups excluding carboxylic acids is 2. The summed E-state index contributed by atoms with van der Waals surface area (Å²) in [5, 5.41) is 20.4. The number of aromatic hydroxyl groups is 1. The maximum atomic E-state index is 12.2. The molecule has 0 bridgehead atoms. The van der Waals surface area contributed by atoms with Gasteiger partial charge in [0.05, 0.1) is 17.1 Å². The van der Waals surface area contributed by atoms with Crippen LogP contribution < -0.4 is 0 Å². The van der Waals surface area contributed by atoms with Crippen molar-refractivity contribution in [1.29, 1.82) is 0 Å². The van der Waals surface area contributed by atoms with E-state index in [9.17, 15) is 24.8 Å². The minimum absolute atomic E-state index is 0.220. The molecular weight excluding hydrogens is 326 g/mol. The molecule has 0 saturated heterocycles. The Labute approximate surface area is 143 Å². The fourth-order valence-electron chi connectivity index (χ4n) is 2.13. The van der Waals surface area contributed by atoms with E-state index in [1.54, 1.807) is 31.2 Å². The number of carbonyl (C=O) groups is 2. The molecule has 2 aromatic carbocycles. The molecule has 0 aliphatic heterocycles. The minimum Gasteiger partial charge on any atom is -0.508 e. The molecule has 0 aliphatic rings. The van der Waals surface area contributed by atoms with Crippen molar-refractivity contribution in [2.45, 2.75) is 6.92 Å². The summed E-state index contributed by atoms with van der Waals surface area (Å²) in [6, 6.07) is 9.67. The van der Waals surface area contributed by atoms with E-state index in [4.69, 9.17) is 4.74 Å². The molecule has 1 N–H and O–H groups in total.